The standard InChI is InChI=1S/C22H44N2O6Si/c1-16(2)14-28-20(26)23-13-11-10-12-18(24-21(27)29-15-17(3)4)19(25)30-31(8,9)22(5,6)7/h16-18H,10-15H2,1-9H3,(H,23,26)(H,24,27). The van der Waals surface area contributed by atoms with Crippen molar-refractivity contribution in [2.75, 3.05) is 19.8 Å². The Morgan fingerprint density at radius 2 is 1.39 bits per heavy atom. The maximum absolute atomic E-state index is 12.9. The molecule has 182 valence electrons. The van der Waals surface area contributed by atoms with Crippen LogP contribution in [0.5, 0.6) is 0 Å². The second-order valence-electron chi connectivity index (χ2n) is 10.3. The van der Waals surface area contributed by atoms with Gasteiger partial charge in [-0.3, -0.25) is 4.79 Å². The summed E-state index contributed by atoms with van der Waals surface area (Å²) in [7, 11) is -2.32. The molecular formula is C22H44N2O6Si. The van der Waals surface area contributed by atoms with Gasteiger partial charge in [0.1, 0.15) is 6.04 Å². The summed E-state index contributed by atoms with van der Waals surface area (Å²) < 4.78 is 16.1. The van der Waals surface area contributed by atoms with Crippen molar-refractivity contribution in [3.05, 3.63) is 0 Å². The molecule has 0 aromatic carbocycles. The number of carbonyl (C=O) groups excluding carboxylic acids is 3. The van der Waals surface area contributed by atoms with Gasteiger partial charge < -0.3 is 24.5 Å². The average Bonchev–Trinajstić information content (AvgIpc) is 2.62. The van der Waals surface area contributed by atoms with Crippen LogP contribution in [0.1, 0.15) is 67.7 Å². The summed E-state index contributed by atoms with van der Waals surface area (Å²) in [6.45, 7) is 19.0. The molecule has 31 heavy (non-hydrogen) atoms. The highest BCUT2D eigenvalue weighted by Gasteiger charge is 2.41. The number of rotatable bonds is 12. The Morgan fingerprint density at radius 1 is 0.871 bits per heavy atom. The zero-order chi connectivity index (χ0) is 24.2. The molecular weight excluding hydrogens is 416 g/mol. The topological polar surface area (TPSA) is 103 Å². The summed E-state index contributed by atoms with van der Waals surface area (Å²) in [5.41, 5.74) is 0. The predicted octanol–water partition coefficient (Wildman–Crippen LogP) is 4.84. The molecule has 0 radical (unpaired) electrons. The molecule has 2 amide bonds. The van der Waals surface area contributed by atoms with Gasteiger partial charge in [-0.1, -0.05) is 48.5 Å². The molecule has 0 fully saturated rings. The number of unbranched alkanes of at least 4 members (excludes halogenated alkanes) is 1. The predicted molar refractivity (Wildman–Crippen MR) is 124 cm³/mol. The number of amides is 2. The van der Waals surface area contributed by atoms with E-state index in [-0.39, 0.29) is 23.5 Å². The Labute approximate surface area is 189 Å². The van der Waals surface area contributed by atoms with Gasteiger partial charge in [0.05, 0.1) is 13.2 Å². The fourth-order valence-electron chi connectivity index (χ4n) is 2.11. The van der Waals surface area contributed by atoms with Crippen LogP contribution in [0.2, 0.25) is 18.1 Å². The third-order valence-corrected chi connectivity index (χ3v) is 9.35. The van der Waals surface area contributed by atoms with E-state index in [4.69, 9.17) is 13.9 Å². The van der Waals surface area contributed by atoms with Crippen molar-refractivity contribution in [1.29, 1.82) is 0 Å². The molecule has 1 unspecified atom stereocenters. The van der Waals surface area contributed by atoms with Crippen molar-refractivity contribution in [3.8, 4) is 0 Å². The lowest BCUT2D eigenvalue weighted by Gasteiger charge is -2.36. The van der Waals surface area contributed by atoms with Crippen LogP contribution in [-0.2, 0) is 18.7 Å². The molecule has 0 spiro atoms. The van der Waals surface area contributed by atoms with Crippen LogP contribution >= 0.6 is 0 Å². The second kappa shape index (κ2) is 13.6. The van der Waals surface area contributed by atoms with E-state index in [1.165, 1.54) is 0 Å². The van der Waals surface area contributed by atoms with Crippen molar-refractivity contribution in [2.24, 2.45) is 11.8 Å². The Bertz CT molecular complexity index is 573. The van der Waals surface area contributed by atoms with Crippen LogP contribution in [0.3, 0.4) is 0 Å². The van der Waals surface area contributed by atoms with Gasteiger partial charge >= 0.3 is 18.2 Å². The quantitative estimate of drug-likeness (QED) is 0.319. The first kappa shape index (κ1) is 29.2. The zero-order valence-electron chi connectivity index (χ0n) is 20.9. The molecule has 1 atom stereocenters. The van der Waals surface area contributed by atoms with Crippen molar-refractivity contribution < 1.29 is 28.3 Å². The van der Waals surface area contributed by atoms with E-state index in [1.807, 2.05) is 40.8 Å². The van der Waals surface area contributed by atoms with Crippen molar-refractivity contribution in [2.45, 2.75) is 91.9 Å². The van der Waals surface area contributed by atoms with Crippen molar-refractivity contribution in [1.82, 2.24) is 10.6 Å². The van der Waals surface area contributed by atoms with E-state index in [0.717, 1.165) is 0 Å². The fraction of sp³-hybridized carbons (Fsp3) is 0.864. The summed E-state index contributed by atoms with van der Waals surface area (Å²) in [6, 6.07) is -0.790. The second-order valence-corrected chi connectivity index (χ2v) is 15.0. The van der Waals surface area contributed by atoms with Crippen LogP contribution in [0.25, 0.3) is 0 Å². The minimum absolute atomic E-state index is 0.133. The highest BCUT2D eigenvalue weighted by Crippen LogP contribution is 2.36. The van der Waals surface area contributed by atoms with Gasteiger partial charge in [0, 0.05) is 6.54 Å². The van der Waals surface area contributed by atoms with Crippen LogP contribution in [0.15, 0.2) is 0 Å². The molecule has 0 rings (SSSR count). The van der Waals surface area contributed by atoms with E-state index in [9.17, 15) is 14.4 Å². The summed E-state index contributed by atoms with van der Waals surface area (Å²) in [5, 5.41) is 5.21. The molecule has 8 nitrogen and oxygen atoms in total. The lowest BCUT2D eigenvalue weighted by atomic mass is 10.1. The Kier molecular flexibility index (Phi) is 12.8. The first-order valence-electron chi connectivity index (χ1n) is 11.2. The van der Waals surface area contributed by atoms with E-state index in [1.54, 1.807) is 0 Å². The third-order valence-electron chi connectivity index (χ3n) is 5.02. The van der Waals surface area contributed by atoms with Gasteiger partial charge in [0.2, 0.25) is 0 Å². The Morgan fingerprint density at radius 3 is 1.87 bits per heavy atom. The molecule has 0 heterocycles. The van der Waals surface area contributed by atoms with Crippen LogP contribution in [-0.4, -0.2) is 52.3 Å². The molecule has 2 N–H and O–H groups in total. The molecule has 0 aromatic heterocycles. The van der Waals surface area contributed by atoms with Crippen LogP contribution < -0.4 is 10.6 Å². The lowest BCUT2D eigenvalue weighted by molar-refractivity contribution is -0.138. The molecule has 9 heteroatoms. The number of alkyl carbamates (subject to hydrolysis) is 2. The first-order valence-corrected chi connectivity index (χ1v) is 14.1. The number of hydrogen-bond acceptors (Lipinski definition) is 6. The van der Waals surface area contributed by atoms with Gasteiger partial charge in [0.25, 0.3) is 8.32 Å². The zero-order valence-corrected chi connectivity index (χ0v) is 21.9. The van der Waals surface area contributed by atoms with Gasteiger partial charge in [0.15, 0.2) is 0 Å². The van der Waals surface area contributed by atoms with Gasteiger partial charge in [-0.25, -0.2) is 9.59 Å². The first-order chi connectivity index (χ1) is 14.2. The molecule has 0 bridgehead atoms. The Hall–Kier alpha value is -1.77. The van der Waals surface area contributed by atoms with Crippen molar-refractivity contribution in [3.63, 3.8) is 0 Å². The highest BCUT2D eigenvalue weighted by molar-refractivity contribution is 6.75. The molecule has 0 aliphatic carbocycles. The van der Waals surface area contributed by atoms with E-state index in [2.05, 4.69) is 31.4 Å². The summed E-state index contributed by atoms with van der Waals surface area (Å²) >= 11 is 0. The van der Waals surface area contributed by atoms with E-state index in [0.29, 0.717) is 32.4 Å². The van der Waals surface area contributed by atoms with E-state index >= 15 is 0 Å². The normalized spacial score (nSPS) is 13.0. The molecule has 0 aromatic rings. The maximum Gasteiger partial charge on any atom is 0.407 e. The SMILES string of the molecule is CC(C)COC(=O)NCCCCC(NC(=O)OCC(C)C)C(=O)O[Si](C)(C)C(C)(C)C. The smallest absolute Gasteiger partial charge is 0.407 e. The van der Waals surface area contributed by atoms with Crippen molar-refractivity contribution >= 4 is 26.5 Å². The number of hydrogen-bond donors (Lipinski definition) is 2. The van der Waals surface area contributed by atoms with Crippen LogP contribution in [0, 0.1) is 11.8 Å². The number of carbonyl (C=O) groups is 3. The fourth-order valence-corrected chi connectivity index (χ4v) is 3.06. The summed E-state index contributed by atoms with van der Waals surface area (Å²) in [6.07, 6.45) is 0.585. The molecule has 0 saturated carbocycles. The van der Waals surface area contributed by atoms with Crippen LogP contribution in [0.4, 0.5) is 9.59 Å². The van der Waals surface area contributed by atoms with Gasteiger partial charge in [-0.2, -0.15) is 0 Å². The average molecular weight is 461 g/mol. The number of ether oxygens (including phenoxy) is 2. The minimum Gasteiger partial charge on any atom is -0.518 e. The maximum atomic E-state index is 12.9. The Balaban J connectivity index is 4.76. The largest absolute Gasteiger partial charge is 0.518 e. The van der Waals surface area contributed by atoms with Gasteiger partial charge in [-0.05, 0) is 49.2 Å². The summed E-state index contributed by atoms with van der Waals surface area (Å²) in [5.74, 6) is 0.0437. The van der Waals surface area contributed by atoms with E-state index < -0.39 is 32.5 Å². The highest BCUT2D eigenvalue weighted by atomic mass is 28.4. The summed E-state index contributed by atoms with van der Waals surface area (Å²) in [4.78, 5) is 36.6. The lowest BCUT2D eigenvalue weighted by Crippen LogP contribution is -2.49. The minimum atomic E-state index is -2.32. The molecule has 0 saturated heterocycles. The third kappa shape index (κ3) is 13.3. The monoisotopic (exact) mass is 460 g/mol. The molecule has 0 aliphatic heterocycles. The number of nitrogens with one attached hydrogen (secondary N) is 2. The van der Waals surface area contributed by atoms with Gasteiger partial charge in [-0.15, -0.1) is 0 Å². The molecule has 0 aliphatic rings.